The van der Waals surface area contributed by atoms with Crippen molar-refractivity contribution in [1.29, 1.82) is 0 Å². The molecule has 0 atom stereocenters. The molecule has 0 saturated heterocycles. The van der Waals surface area contributed by atoms with Crippen LogP contribution in [0, 0.1) is 0 Å². The van der Waals surface area contributed by atoms with Crippen molar-refractivity contribution >= 4 is 0 Å². The maximum atomic E-state index is 8.85. The fourth-order valence-electron chi connectivity index (χ4n) is 2.61. The number of ether oxygens (including phenoxy) is 2. The van der Waals surface area contributed by atoms with Gasteiger partial charge in [-0.3, -0.25) is 0 Å². The minimum absolute atomic E-state index is 0.273. The molecule has 3 heteroatoms. The van der Waals surface area contributed by atoms with Crippen molar-refractivity contribution in [3.8, 4) is 22.6 Å². The first-order chi connectivity index (χ1) is 10.8. The van der Waals surface area contributed by atoms with Gasteiger partial charge < -0.3 is 14.6 Å². The van der Waals surface area contributed by atoms with Gasteiger partial charge in [-0.25, -0.2) is 0 Å². The SMILES string of the molecule is COc1ccccc1-c1cc(CCCCCO)ccc1OC. The van der Waals surface area contributed by atoms with E-state index in [9.17, 15) is 0 Å². The maximum Gasteiger partial charge on any atom is 0.126 e. The minimum Gasteiger partial charge on any atom is -0.496 e. The number of hydrogen-bond acceptors (Lipinski definition) is 3. The highest BCUT2D eigenvalue weighted by Crippen LogP contribution is 2.37. The van der Waals surface area contributed by atoms with E-state index in [1.54, 1.807) is 14.2 Å². The molecule has 0 bridgehead atoms. The van der Waals surface area contributed by atoms with Crippen molar-refractivity contribution in [2.75, 3.05) is 20.8 Å². The molecule has 1 N–H and O–H groups in total. The Balaban J connectivity index is 2.28. The normalized spacial score (nSPS) is 10.5. The largest absolute Gasteiger partial charge is 0.496 e. The summed E-state index contributed by atoms with van der Waals surface area (Å²) >= 11 is 0. The van der Waals surface area contributed by atoms with Crippen LogP contribution in [-0.2, 0) is 6.42 Å². The first kappa shape index (κ1) is 16.4. The minimum atomic E-state index is 0.273. The summed E-state index contributed by atoms with van der Waals surface area (Å²) in [7, 11) is 3.37. The third-order valence-electron chi connectivity index (χ3n) is 3.78. The smallest absolute Gasteiger partial charge is 0.126 e. The quantitative estimate of drug-likeness (QED) is 0.747. The molecule has 3 nitrogen and oxygen atoms in total. The predicted molar refractivity (Wildman–Crippen MR) is 89.6 cm³/mol. The second-order valence-corrected chi connectivity index (χ2v) is 5.27. The zero-order chi connectivity index (χ0) is 15.8. The summed E-state index contributed by atoms with van der Waals surface area (Å²) in [6.45, 7) is 0.273. The molecule has 0 heterocycles. The summed E-state index contributed by atoms with van der Waals surface area (Å²) in [5.74, 6) is 1.70. The van der Waals surface area contributed by atoms with E-state index in [2.05, 4.69) is 12.1 Å². The Bertz CT molecular complexity index is 593. The monoisotopic (exact) mass is 300 g/mol. The molecule has 0 unspecified atom stereocenters. The van der Waals surface area contributed by atoms with Gasteiger partial charge in [0.1, 0.15) is 11.5 Å². The van der Waals surface area contributed by atoms with Gasteiger partial charge in [-0.1, -0.05) is 30.7 Å². The van der Waals surface area contributed by atoms with Crippen LogP contribution >= 0.6 is 0 Å². The fraction of sp³-hybridized carbons (Fsp3) is 0.368. The van der Waals surface area contributed by atoms with Gasteiger partial charge in [0, 0.05) is 17.7 Å². The van der Waals surface area contributed by atoms with E-state index in [1.165, 1.54) is 5.56 Å². The standard InChI is InChI=1S/C19H24O3/c1-21-18-10-6-5-9-16(18)17-14-15(8-4-3-7-13-20)11-12-19(17)22-2/h5-6,9-12,14,20H,3-4,7-8,13H2,1-2H3. The van der Waals surface area contributed by atoms with Crippen molar-refractivity contribution in [3.63, 3.8) is 0 Å². The summed E-state index contributed by atoms with van der Waals surface area (Å²) < 4.78 is 11.0. The van der Waals surface area contributed by atoms with Crippen LogP contribution in [0.3, 0.4) is 0 Å². The van der Waals surface area contributed by atoms with Crippen LogP contribution in [0.4, 0.5) is 0 Å². The lowest BCUT2D eigenvalue weighted by Crippen LogP contribution is -1.94. The van der Waals surface area contributed by atoms with E-state index >= 15 is 0 Å². The van der Waals surface area contributed by atoms with Crippen LogP contribution in [0.5, 0.6) is 11.5 Å². The van der Waals surface area contributed by atoms with E-state index in [0.29, 0.717) is 0 Å². The Morgan fingerprint density at radius 1 is 0.818 bits per heavy atom. The average molecular weight is 300 g/mol. The molecule has 2 rings (SSSR count). The molecular formula is C19H24O3. The van der Waals surface area contributed by atoms with E-state index in [4.69, 9.17) is 14.6 Å². The zero-order valence-corrected chi connectivity index (χ0v) is 13.3. The number of unbranched alkanes of at least 4 members (excludes halogenated alkanes) is 2. The molecule has 0 saturated carbocycles. The van der Waals surface area contributed by atoms with E-state index in [-0.39, 0.29) is 6.61 Å². The molecule has 0 aliphatic carbocycles. The second-order valence-electron chi connectivity index (χ2n) is 5.27. The topological polar surface area (TPSA) is 38.7 Å². The van der Waals surface area contributed by atoms with E-state index in [1.807, 2.05) is 30.3 Å². The van der Waals surface area contributed by atoms with Crippen molar-refractivity contribution in [1.82, 2.24) is 0 Å². The van der Waals surface area contributed by atoms with Gasteiger partial charge in [0.2, 0.25) is 0 Å². The predicted octanol–water partition coefficient (Wildman–Crippen LogP) is 4.08. The summed E-state index contributed by atoms with van der Waals surface area (Å²) in [6.07, 6.45) is 4.01. The summed E-state index contributed by atoms with van der Waals surface area (Å²) in [5, 5.41) is 8.85. The zero-order valence-electron chi connectivity index (χ0n) is 13.3. The Kier molecular flexibility index (Phi) is 6.28. The molecule has 118 valence electrons. The van der Waals surface area contributed by atoms with Gasteiger partial charge >= 0.3 is 0 Å². The molecule has 0 aliphatic heterocycles. The Morgan fingerprint density at radius 3 is 2.27 bits per heavy atom. The van der Waals surface area contributed by atoms with Crippen LogP contribution in [-0.4, -0.2) is 25.9 Å². The van der Waals surface area contributed by atoms with Crippen LogP contribution in [0.25, 0.3) is 11.1 Å². The Hall–Kier alpha value is -2.00. The lowest BCUT2D eigenvalue weighted by molar-refractivity contribution is 0.283. The first-order valence-electron chi connectivity index (χ1n) is 7.71. The van der Waals surface area contributed by atoms with Crippen LogP contribution in [0.15, 0.2) is 42.5 Å². The van der Waals surface area contributed by atoms with Crippen LogP contribution in [0.2, 0.25) is 0 Å². The highest BCUT2D eigenvalue weighted by Gasteiger charge is 2.11. The highest BCUT2D eigenvalue weighted by molar-refractivity contribution is 5.76. The number of para-hydroxylation sites is 1. The number of benzene rings is 2. The van der Waals surface area contributed by atoms with Crippen molar-refractivity contribution in [3.05, 3.63) is 48.0 Å². The second kappa shape index (κ2) is 8.44. The number of rotatable bonds is 8. The van der Waals surface area contributed by atoms with E-state index in [0.717, 1.165) is 48.3 Å². The van der Waals surface area contributed by atoms with Crippen LogP contribution < -0.4 is 9.47 Å². The van der Waals surface area contributed by atoms with Gasteiger partial charge in [-0.15, -0.1) is 0 Å². The third kappa shape index (κ3) is 4.01. The lowest BCUT2D eigenvalue weighted by Gasteiger charge is -2.14. The molecule has 0 spiro atoms. The molecule has 0 radical (unpaired) electrons. The molecule has 0 aliphatic rings. The fourth-order valence-corrected chi connectivity index (χ4v) is 2.61. The maximum absolute atomic E-state index is 8.85. The molecular weight excluding hydrogens is 276 g/mol. The van der Waals surface area contributed by atoms with Gasteiger partial charge in [-0.05, 0) is 43.0 Å². The highest BCUT2D eigenvalue weighted by atomic mass is 16.5. The molecule has 2 aromatic carbocycles. The summed E-state index contributed by atoms with van der Waals surface area (Å²) in [5.41, 5.74) is 3.37. The lowest BCUT2D eigenvalue weighted by atomic mass is 9.98. The number of aliphatic hydroxyl groups is 1. The summed E-state index contributed by atoms with van der Waals surface area (Å²) in [6, 6.07) is 14.3. The summed E-state index contributed by atoms with van der Waals surface area (Å²) in [4.78, 5) is 0. The van der Waals surface area contributed by atoms with Gasteiger partial charge in [0.25, 0.3) is 0 Å². The number of methoxy groups -OCH3 is 2. The van der Waals surface area contributed by atoms with Crippen molar-refractivity contribution in [2.24, 2.45) is 0 Å². The van der Waals surface area contributed by atoms with Gasteiger partial charge in [0.05, 0.1) is 14.2 Å². The molecule has 2 aromatic rings. The Labute approximate surface area is 132 Å². The van der Waals surface area contributed by atoms with Gasteiger partial charge in [-0.2, -0.15) is 0 Å². The molecule has 0 amide bonds. The molecule has 22 heavy (non-hydrogen) atoms. The van der Waals surface area contributed by atoms with Gasteiger partial charge in [0.15, 0.2) is 0 Å². The molecule has 0 fully saturated rings. The average Bonchev–Trinajstić information content (AvgIpc) is 2.58. The molecule has 0 aromatic heterocycles. The van der Waals surface area contributed by atoms with Crippen molar-refractivity contribution in [2.45, 2.75) is 25.7 Å². The number of aliphatic hydroxyl groups excluding tert-OH is 1. The number of aryl methyl sites for hydroxylation is 1. The van der Waals surface area contributed by atoms with E-state index < -0.39 is 0 Å². The van der Waals surface area contributed by atoms with Crippen molar-refractivity contribution < 1.29 is 14.6 Å². The third-order valence-corrected chi connectivity index (χ3v) is 3.78. The Morgan fingerprint density at radius 2 is 1.55 bits per heavy atom. The number of hydrogen-bond donors (Lipinski definition) is 1. The van der Waals surface area contributed by atoms with Crippen LogP contribution in [0.1, 0.15) is 24.8 Å². The first-order valence-corrected chi connectivity index (χ1v) is 7.71.